The van der Waals surface area contributed by atoms with Crippen molar-refractivity contribution >= 4 is 50.5 Å². The highest BCUT2D eigenvalue weighted by Gasteiger charge is 2.41. The molecule has 0 saturated carbocycles. The van der Waals surface area contributed by atoms with Gasteiger partial charge in [0, 0.05) is 120 Å². The van der Waals surface area contributed by atoms with E-state index in [1.165, 1.54) is 18.2 Å². The third-order valence-electron chi connectivity index (χ3n) is 13.7. The number of hydrogen-bond acceptors (Lipinski definition) is 16. The molecule has 8 rings (SSSR count). The van der Waals surface area contributed by atoms with Gasteiger partial charge in [0.05, 0.1) is 36.0 Å². The minimum absolute atomic E-state index is 0.0460. The van der Waals surface area contributed by atoms with Crippen LogP contribution in [0.4, 0.5) is 42.0 Å². The summed E-state index contributed by atoms with van der Waals surface area (Å²) in [7, 11) is -1.81. The van der Waals surface area contributed by atoms with Gasteiger partial charge in [-0.15, -0.1) is 0 Å². The quantitative estimate of drug-likeness (QED) is 0.0605. The molecule has 18 nitrogen and oxygen atoms in total. The van der Waals surface area contributed by atoms with Crippen molar-refractivity contribution in [3.8, 4) is 5.75 Å². The van der Waals surface area contributed by atoms with Crippen LogP contribution in [-0.2, 0) is 53.5 Å². The van der Waals surface area contributed by atoms with Gasteiger partial charge in [0.2, 0.25) is 17.8 Å². The molecule has 22 heteroatoms. The van der Waals surface area contributed by atoms with E-state index in [2.05, 4.69) is 84.9 Å². The Balaban J connectivity index is 0.723. The number of hydrogen-bond donors (Lipinski definition) is 4. The number of nitrogens with zero attached hydrogens (tertiary/aromatic N) is 7. The zero-order valence-corrected chi connectivity index (χ0v) is 44.5. The highest BCUT2D eigenvalue weighted by molar-refractivity contribution is 7.90. The fraction of sp³-hybridized carbons (Fsp3) is 0.463. The monoisotopic (exact) mass is 1070 g/mol. The van der Waals surface area contributed by atoms with Gasteiger partial charge in [-0.2, -0.15) is 18.2 Å². The smallest absolute Gasteiger partial charge is 0.421 e. The number of pyridine rings is 1. The minimum atomic E-state index is -4.75. The van der Waals surface area contributed by atoms with Gasteiger partial charge < -0.3 is 40.4 Å². The van der Waals surface area contributed by atoms with Crippen LogP contribution in [0.3, 0.4) is 0 Å². The van der Waals surface area contributed by atoms with Crippen LogP contribution in [0.25, 0.3) is 0 Å². The lowest BCUT2D eigenvalue weighted by Crippen LogP contribution is -2.59. The first-order valence-electron chi connectivity index (χ1n) is 25.4. The van der Waals surface area contributed by atoms with Crippen LogP contribution < -0.4 is 30.9 Å². The zero-order valence-electron chi connectivity index (χ0n) is 43.7. The van der Waals surface area contributed by atoms with E-state index in [9.17, 15) is 31.2 Å². The number of methoxy groups -OCH3 is 1. The second kappa shape index (κ2) is 24.8. The molecule has 0 bridgehead atoms. The zero-order chi connectivity index (χ0) is 54.0. The van der Waals surface area contributed by atoms with Crippen molar-refractivity contribution in [2.24, 2.45) is 0 Å². The highest BCUT2D eigenvalue weighted by Crippen LogP contribution is 2.40. The van der Waals surface area contributed by atoms with Crippen molar-refractivity contribution in [1.82, 2.24) is 35.0 Å². The molecule has 0 unspecified atom stereocenters. The number of rotatable bonds is 22. The predicted molar refractivity (Wildman–Crippen MR) is 285 cm³/mol. The lowest BCUT2D eigenvalue weighted by molar-refractivity contribution is -0.137. The third kappa shape index (κ3) is 15.2. The first-order chi connectivity index (χ1) is 36.3. The van der Waals surface area contributed by atoms with Crippen LogP contribution >= 0.6 is 0 Å². The molecule has 3 aliphatic rings. The maximum Gasteiger partial charge on any atom is 0.421 e. The molecule has 3 aliphatic heterocycles. The number of nitrogens with one attached hydrogen (secondary N) is 4. The standard InChI is InChI=1S/C54H68F3N11O7S/c1-37-32-67(43(30-58-37)34-73-4)33-49(70)68-36-53(2,3)50-47(68)27-40(29-59-50)24-38-8-6-10-44(25-38)75-23-21-66-18-16-65(17-19-66)20-22-74-35-48(69)62-41-12-14-42(15-13-41)63-52-61-31-46(54(55,56)57)51(64-52)60-28-39-9-7-11-45(26-39)76(5,71)72/h6-15,25-27,29,31,37,43,58H,16-24,28,30,32-36H2,1-5H3,(H,62,69)(H2,60,61,63,64)/t37-,43-/m1/s1. The van der Waals surface area contributed by atoms with E-state index in [-0.39, 0.29) is 47.3 Å². The Bertz CT molecular complexity index is 2910. The number of sulfone groups is 1. The molecular weight excluding hydrogens is 1000 g/mol. The molecule has 0 spiro atoms. The Labute approximate surface area is 442 Å². The fourth-order valence-electron chi connectivity index (χ4n) is 9.63. The van der Waals surface area contributed by atoms with Gasteiger partial charge >= 0.3 is 6.18 Å². The van der Waals surface area contributed by atoms with E-state index in [1.807, 2.05) is 23.2 Å². The summed E-state index contributed by atoms with van der Waals surface area (Å²) in [4.78, 5) is 48.3. The molecule has 2 saturated heterocycles. The molecule has 76 heavy (non-hydrogen) atoms. The first-order valence-corrected chi connectivity index (χ1v) is 27.3. The second-order valence-corrected chi connectivity index (χ2v) is 22.3. The molecule has 0 radical (unpaired) electrons. The molecule has 2 amide bonds. The van der Waals surface area contributed by atoms with E-state index >= 15 is 0 Å². The number of carbonyl (C=O) groups is 2. The summed E-state index contributed by atoms with van der Waals surface area (Å²) in [5, 5.41) is 11.8. The topological polar surface area (TPSA) is 196 Å². The first kappa shape index (κ1) is 55.9. The largest absolute Gasteiger partial charge is 0.492 e. The van der Waals surface area contributed by atoms with Gasteiger partial charge in [-0.05, 0) is 84.6 Å². The number of halogens is 3. The molecule has 4 N–H and O–H groups in total. The SMILES string of the molecule is COC[C@H]1CN[C@H](C)CN1CC(=O)N1CC(C)(C)c2ncc(Cc3cccc(OCCN4CCN(CCOCC(=O)Nc5ccc(Nc6ncc(C(F)(F)F)c(NCc7cccc(S(C)(=O)=O)c7)n6)cc5)CC4)c3)cc21. The Hall–Kier alpha value is -6.27. The summed E-state index contributed by atoms with van der Waals surface area (Å²) in [6.07, 6.45) is -0.438. The normalized spacial score (nSPS) is 18.3. The van der Waals surface area contributed by atoms with E-state index in [4.69, 9.17) is 19.2 Å². The number of fused-ring (bicyclic) bond motifs is 1. The Morgan fingerprint density at radius 1 is 0.882 bits per heavy atom. The van der Waals surface area contributed by atoms with Gasteiger partial charge in [0.1, 0.15) is 30.3 Å². The number of amides is 2. The summed E-state index contributed by atoms with van der Waals surface area (Å²) in [5.41, 5.74) is 4.03. The van der Waals surface area contributed by atoms with E-state index in [1.54, 1.807) is 37.4 Å². The summed E-state index contributed by atoms with van der Waals surface area (Å²) in [5.74, 6) is -0.0419. The van der Waals surface area contributed by atoms with Crippen LogP contribution in [0.5, 0.6) is 5.75 Å². The molecule has 2 aromatic heterocycles. The average Bonchev–Trinajstić information content (AvgIpc) is 3.65. The van der Waals surface area contributed by atoms with Crippen LogP contribution in [-0.4, -0.2) is 167 Å². The van der Waals surface area contributed by atoms with Crippen LogP contribution in [0.15, 0.2) is 96.2 Å². The van der Waals surface area contributed by atoms with Gasteiger partial charge in [-0.25, -0.2) is 13.4 Å². The summed E-state index contributed by atoms with van der Waals surface area (Å²) < 4.78 is 82.8. The van der Waals surface area contributed by atoms with Crippen LogP contribution in [0.2, 0.25) is 0 Å². The third-order valence-corrected chi connectivity index (χ3v) is 14.8. The molecule has 3 aromatic carbocycles. The maximum atomic E-state index is 13.9. The molecule has 5 heterocycles. The average molecular weight is 1070 g/mol. The summed E-state index contributed by atoms with van der Waals surface area (Å²) in [6.45, 7) is 15.1. The van der Waals surface area contributed by atoms with Crippen molar-refractivity contribution in [2.45, 2.75) is 62.3 Å². The Morgan fingerprint density at radius 3 is 2.32 bits per heavy atom. The number of benzene rings is 3. The maximum absolute atomic E-state index is 13.9. The number of alkyl halides is 3. The minimum Gasteiger partial charge on any atom is -0.492 e. The van der Waals surface area contributed by atoms with Gasteiger partial charge in [-0.1, -0.05) is 38.1 Å². The van der Waals surface area contributed by atoms with Crippen molar-refractivity contribution in [2.75, 3.05) is 126 Å². The molecule has 2 atom stereocenters. The van der Waals surface area contributed by atoms with E-state index in [0.29, 0.717) is 75.1 Å². The van der Waals surface area contributed by atoms with Crippen molar-refractivity contribution in [3.05, 3.63) is 119 Å². The van der Waals surface area contributed by atoms with Gasteiger partial charge in [0.15, 0.2) is 9.84 Å². The molecule has 408 valence electrons. The lowest BCUT2D eigenvalue weighted by atomic mass is 9.91. The number of anilines is 5. The lowest BCUT2D eigenvalue weighted by Gasteiger charge is -2.39. The highest BCUT2D eigenvalue weighted by atomic mass is 32.2. The van der Waals surface area contributed by atoms with Gasteiger partial charge in [-0.3, -0.25) is 29.3 Å². The summed E-state index contributed by atoms with van der Waals surface area (Å²) >= 11 is 0. The fourth-order valence-corrected chi connectivity index (χ4v) is 10.3. The van der Waals surface area contributed by atoms with E-state index in [0.717, 1.165) is 80.3 Å². The van der Waals surface area contributed by atoms with Gasteiger partial charge in [0.25, 0.3) is 0 Å². The molecule has 2 fully saturated rings. The van der Waals surface area contributed by atoms with Crippen LogP contribution in [0, 0.1) is 0 Å². The summed E-state index contributed by atoms with van der Waals surface area (Å²) in [6, 6.07) is 23.1. The van der Waals surface area contributed by atoms with E-state index < -0.39 is 27.4 Å². The Kier molecular flexibility index (Phi) is 18.3. The predicted octanol–water partition coefficient (Wildman–Crippen LogP) is 5.83. The number of ether oxygens (including phenoxy) is 3. The van der Waals surface area contributed by atoms with Crippen molar-refractivity contribution in [1.29, 1.82) is 0 Å². The molecule has 0 aliphatic carbocycles. The number of piperazine rings is 2. The number of aromatic nitrogens is 3. The number of carbonyl (C=O) groups excluding carboxylic acids is 2. The van der Waals surface area contributed by atoms with Crippen LogP contribution in [0.1, 0.15) is 48.7 Å². The van der Waals surface area contributed by atoms with Crippen molar-refractivity contribution < 1.29 is 45.4 Å². The van der Waals surface area contributed by atoms with Crippen molar-refractivity contribution in [3.63, 3.8) is 0 Å². The second-order valence-electron chi connectivity index (χ2n) is 20.3. The molecular formula is C54H68F3N11O7S. The Morgan fingerprint density at radius 2 is 1.59 bits per heavy atom. The molecule has 5 aromatic rings.